The van der Waals surface area contributed by atoms with E-state index in [0.29, 0.717) is 19.3 Å². The first-order valence-electron chi connectivity index (χ1n) is 9.63. The van der Waals surface area contributed by atoms with Crippen LogP contribution in [-0.4, -0.2) is 39.6 Å². The predicted molar refractivity (Wildman–Crippen MR) is 96.0 cm³/mol. The predicted octanol–water partition coefficient (Wildman–Crippen LogP) is 3.41. The van der Waals surface area contributed by atoms with Crippen molar-refractivity contribution in [2.24, 2.45) is 11.8 Å². The Morgan fingerprint density at radius 3 is 2.88 bits per heavy atom. The number of hydrogen-bond donors (Lipinski definition) is 3. The summed E-state index contributed by atoms with van der Waals surface area (Å²) in [5, 5.41) is 29.0. The van der Waals surface area contributed by atoms with E-state index in [-0.39, 0.29) is 24.4 Å². The van der Waals surface area contributed by atoms with E-state index in [1.54, 1.807) is 0 Å². The monoisotopic (exact) mass is 352 g/mol. The normalized spacial score (nSPS) is 31.4. The van der Waals surface area contributed by atoms with E-state index in [9.17, 15) is 15.0 Å². The van der Waals surface area contributed by atoms with Crippen LogP contribution >= 0.6 is 0 Å². The highest BCUT2D eigenvalue weighted by Crippen LogP contribution is 2.45. The van der Waals surface area contributed by atoms with Crippen molar-refractivity contribution in [3.63, 3.8) is 0 Å². The summed E-state index contributed by atoms with van der Waals surface area (Å²) in [5.41, 5.74) is 0. The van der Waals surface area contributed by atoms with Crippen molar-refractivity contribution in [3.05, 3.63) is 24.0 Å². The number of carbonyl (C=O) groups is 1. The molecule has 0 bridgehead atoms. The second-order valence-corrected chi connectivity index (χ2v) is 7.31. The van der Waals surface area contributed by atoms with Crippen LogP contribution < -0.4 is 0 Å². The quantitative estimate of drug-likeness (QED) is 0.414. The molecule has 2 fully saturated rings. The Balaban J connectivity index is 1.83. The van der Waals surface area contributed by atoms with E-state index in [0.717, 1.165) is 37.9 Å². The Morgan fingerprint density at radius 1 is 1.36 bits per heavy atom. The van der Waals surface area contributed by atoms with Crippen molar-refractivity contribution in [1.29, 1.82) is 0 Å². The zero-order chi connectivity index (χ0) is 18.2. The van der Waals surface area contributed by atoms with Crippen molar-refractivity contribution in [2.75, 3.05) is 0 Å². The third-order valence-corrected chi connectivity index (χ3v) is 5.26. The third kappa shape index (κ3) is 6.15. The minimum absolute atomic E-state index is 0.0238. The van der Waals surface area contributed by atoms with Crippen LogP contribution in [-0.2, 0) is 9.53 Å². The van der Waals surface area contributed by atoms with Gasteiger partial charge in [-0.2, -0.15) is 0 Å². The maximum absolute atomic E-state index is 10.5. The molecule has 5 heteroatoms. The fourth-order valence-electron chi connectivity index (χ4n) is 3.86. The molecule has 0 unspecified atom stereocenters. The topological polar surface area (TPSA) is 87.0 Å². The average molecular weight is 352 g/mol. The number of fused-ring (bicyclic) bond motifs is 1. The van der Waals surface area contributed by atoms with Crippen molar-refractivity contribution in [1.82, 2.24) is 0 Å². The summed E-state index contributed by atoms with van der Waals surface area (Å²) in [6, 6.07) is 0. The molecule has 0 amide bonds. The van der Waals surface area contributed by atoms with Crippen LogP contribution in [0.1, 0.15) is 64.7 Å². The number of rotatable bonds is 10. The van der Waals surface area contributed by atoms with E-state index in [2.05, 4.69) is 6.92 Å². The summed E-state index contributed by atoms with van der Waals surface area (Å²) in [7, 11) is 0. The maximum Gasteiger partial charge on any atom is 0.303 e. The summed E-state index contributed by atoms with van der Waals surface area (Å²) in [6.45, 7) is 2.14. The molecular formula is C20H32O5. The van der Waals surface area contributed by atoms with Gasteiger partial charge in [0.1, 0.15) is 6.10 Å². The second-order valence-electron chi connectivity index (χ2n) is 7.31. The van der Waals surface area contributed by atoms with Gasteiger partial charge in [-0.25, -0.2) is 0 Å². The van der Waals surface area contributed by atoms with Crippen molar-refractivity contribution < 1.29 is 24.9 Å². The van der Waals surface area contributed by atoms with Gasteiger partial charge >= 0.3 is 5.97 Å². The van der Waals surface area contributed by atoms with Gasteiger partial charge in [-0.05, 0) is 25.3 Å². The Bertz CT molecular complexity index is 484. The Kier molecular flexibility index (Phi) is 7.97. The molecule has 25 heavy (non-hydrogen) atoms. The molecule has 0 aromatic carbocycles. The lowest BCUT2D eigenvalue weighted by Gasteiger charge is -2.16. The summed E-state index contributed by atoms with van der Waals surface area (Å²) in [4.78, 5) is 10.5. The molecule has 2 rings (SSSR count). The molecule has 1 saturated heterocycles. The van der Waals surface area contributed by atoms with Crippen molar-refractivity contribution in [2.45, 2.75) is 83.0 Å². The molecule has 0 spiro atoms. The SMILES string of the molecule is CCCCC[C@@H](O)/C=C/[C@H]1[C@@H]2C/C(=C\CCCC(=O)O)O[C@@H]2C[C@@H]1O. The molecule has 0 radical (unpaired) electrons. The molecule has 142 valence electrons. The van der Waals surface area contributed by atoms with Gasteiger partial charge in [0.05, 0.1) is 18.0 Å². The first-order valence-corrected chi connectivity index (χ1v) is 9.63. The molecular weight excluding hydrogens is 320 g/mol. The number of aliphatic carboxylic acids is 1. The summed E-state index contributed by atoms with van der Waals surface area (Å²) < 4.78 is 5.94. The fourth-order valence-corrected chi connectivity index (χ4v) is 3.86. The largest absolute Gasteiger partial charge is 0.495 e. The van der Waals surface area contributed by atoms with Crippen molar-refractivity contribution >= 4 is 5.97 Å². The number of carboxylic acid groups (broad SMARTS) is 1. The van der Waals surface area contributed by atoms with Crippen LogP contribution in [0.5, 0.6) is 0 Å². The van der Waals surface area contributed by atoms with Crippen LogP contribution in [0.15, 0.2) is 24.0 Å². The number of carboxylic acids is 1. The molecule has 1 aliphatic heterocycles. The number of aliphatic hydroxyl groups excluding tert-OH is 2. The zero-order valence-electron chi connectivity index (χ0n) is 15.1. The highest BCUT2D eigenvalue weighted by atomic mass is 16.5. The first kappa shape index (κ1) is 20.0. The lowest BCUT2D eigenvalue weighted by Crippen LogP contribution is -2.18. The van der Waals surface area contributed by atoms with Crippen LogP contribution in [0.2, 0.25) is 0 Å². The molecule has 3 N–H and O–H groups in total. The Hall–Kier alpha value is -1.33. The van der Waals surface area contributed by atoms with E-state index < -0.39 is 18.2 Å². The van der Waals surface area contributed by atoms with Gasteiger partial charge in [0, 0.05) is 31.1 Å². The third-order valence-electron chi connectivity index (χ3n) is 5.26. The smallest absolute Gasteiger partial charge is 0.303 e. The molecule has 1 heterocycles. The summed E-state index contributed by atoms with van der Waals surface area (Å²) in [5.74, 6) is 0.429. The minimum Gasteiger partial charge on any atom is -0.495 e. The van der Waals surface area contributed by atoms with E-state index in [1.165, 1.54) is 0 Å². The van der Waals surface area contributed by atoms with Gasteiger partial charge in [-0.15, -0.1) is 0 Å². The van der Waals surface area contributed by atoms with Gasteiger partial charge in [0.2, 0.25) is 0 Å². The molecule has 2 aliphatic rings. The van der Waals surface area contributed by atoms with Gasteiger partial charge in [0.25, 0.3) is 0 Å². The highest BCUT2D eigenvalue weighted by molar-refractivity contribution is 5.66. The summed E-state index contributed by atoms with van der Waals surface area (Å²) in [6.07, 6.45) is 12.0. The van der Waals surface area contributed by atoms with Crippen LogP contribution in [0, 0.1) is 11.8 Å². The van der Waals surface area contributed by atoms with E-state index in [1.807, 2.05) is 18.2 Å². The average Bonchev–Trinajstić information content (AvgIpc) is 3.06. The number of hydrogen-bond acceptors (Lipinski definition) is 4. The maximum atomic E-state index is 10.5. The first-order chi connectivity index (χ1) is 12.0. The van der Waals surface area contributed by atoms with Gasteiger partial charge in [0.15, 0.2) is 0 Å². The van der Waals surface area contributed by atoms with Crippen LogP contribution in [0.4, 0.5) is 0 Å². The minimum atomic E-state index is -0.770. The molecule has 5 nitrogen and oxygen atoms in total. The number of allylic oxidation sites excluding steroid dienone is 2. The second kappa shape index (κ2) is 9.97. The number of unbranched alkanes of at least 4 members (excludes halogenated alkanes) is 3. The fraction of sp³-hybridized carbons (Fsp3) is 0.750. The van der Waals surface area contributed by atoms with E-state index >= 15 is 0 Å². The molecule has 0 aromatic heterocycles. The molecule has 1 saturated carbocycles. The molecule has 1 aliphatic carbocycles. The van der Waals surface area contributed by atoms with Crippen LogP contribution in [0.3, 0.4) is 0 Å². The molecule has 0 aromatic rings. The van der Waals surface area contributed by atoms with E-state index in [4.69, 9.17) is 9.84 Å². The summed E-state index contributed by atoms with van der Waals surface area (Å²) >= 11 is 0. The van der Waals surface area contributed by atoms with Crippen LogP contribution in [0.25, 0.3) is 0 Å². The van der Waals surface area contributed by atoms with Gasteiger partial charge in [-0.1, -0.05) is 38.3 Å². The Morgan fingerprint density at radius 2 is 2.16 bits per heavy atom. The lowest BCUT2D eigenvalue weighted by atomic mass is 9.90. The zero-order valence-corrected chi connectivity index (χ0v) is 15.1. The Labute approximate surface area is 150 Å². The van der Waals surface area contributed by atoms with Crippen molar-refractivity contribution in [3.8, 4) is 0 Å². The molecule has 5 atom stereocenters. The number of aliphatic hydroxyl groups is 2. The standard InChI is InChI=1S/C20H32O5/c1-2-3-4-7-14(21)10-11-16-17-12-15(8-5-6-9-20(23)24)25-19(17)13-18(16)22/h8,10-11,14,16-19,21-22H,2-7,9,12-13H2,1H3,(H,23,24)/b11-10+,15-8+/t14-,16+,17+,18+,19-/m1/s1. The lowest BCUT2D eigenvalue weighted by molar-refractivity contribution is -0.137. The highest BCUT2D eigenvalue weighted by Gasteiger charge is 2.46. The van der Waals surface area contributed by atoms with Gasteiger partial charge in [-0.3, -0.25) is 4.79 Å². The van der Waals surface area contributed by atoms with Gasteiger partial charge < -0.3 is 20.1 Å². The number of ether oxygens (including phenoxy) is 1.